The van der Waals surface area contributed by atoms with E-state index in [0.29, 0.717) is 10.8 Å². The summed E-state index contributed by atoms with van der Waals surface area (Å²) >= 11 is 5.79. The molecule has 0 bridgehead atoms. The van der Waals surface area contributed by atoms with Crippen LogP contribution in [0.2, 0.25) is 5.02 Å². The molecule has 1 amide bonds. The van der Waals surface area contributed by atoms with Crippen molar-refractivity contribution >= 4 is 23.3 Å². The van der Waals surface area contributed by atoms with Gasteiger partial charge >= 0.3 is 0 Å². The summed E-state index contributed by atoms with van der Waals surface area (Å²) in [5, 5.41) is 30.0. The summed E-state index contributed by atoms with van der Waals surface area (Å²) < 4.78 is 0. The number of hydrogen-bond acceptors (Lipinski definition) is 6. The lowest BCUT2D eigenvalue weighted by atomic mass is 10.2. The van der Waals surface area contributed by atoms with Gasteiger partial charge in [-0.15, -0.1) is 0 Å². The first-order chi connectivity index (χ1) is 10.1. The maximum Gasteiger partial charge on any atom is 0.266 e. The molecule has 0 aromatic carbocycles. The molecule has 0 saturated heterocycles. The minimum Gasteiger partial charge on any atom is -0.395 e. The van der Waals surface area contributed by atoms with Gasteiger partial charge in [-0.25, -0.2) is 4.98 Å². The van der Waals surface area contributed by atoms with Gasteiger partial charge in [0.05, 0.1) is 13.2 Å². The number of carbonyl (C=O) groups excluding carboxylic acids is 1. The average molecular weight is 311 g/mol. The largest absolute Gasteiger partial charge is 0.395 e. The number of hydrogen-bond donors (Lipinski definition) is 3. The van der Waals surface area contributed by atoms with E-state index in [1.165, 1.54) is 23.4 Å². The third kappa shape index (κ3) is 5.39. The number of pyridine rings is 1. The first-order valence-corrected chi connectivity index (χ1v) is 6.49. The number of nitrogens with one attached hydrogen (secondary N) is 1. The minimum absolute atomic E-state index is 0.0355. The maximum atomic E-state index is 12.1. The zero-order valence-corrected chi connectivity index (χ0v) is 11.9. The number of rotatable bonds is 7. The molecule has 112 valence electrons. The van der Waals surface area contributed by atoms with Crippen molar-refractivity contribution in [2.75, 3.05) is 31.6 Å². The highest BCUT2D eigenvalue weighted by Crippen LogP contribution is 2.12. The second-order valence-electron chi connectivity index (χ2n) is 3.91. The minimum atomic E-state index is -0.588. The van der Waals surface area contributed by atoms with Gasteiger partial charge in [-0.2, -0.15) is 5.26 Å². The Hall–Kier alpha value is -2.14. The van der Waals surface area contributed by atoms with E-state index < -0.39 is 5.91 Å². The zero-order valence-electron chi connectivity index (χ0n) is 11.2. The summed E-state index contributed by atoms with van der Waals surface area (Å²) in [5.41, 5.74) is -0.168. The van der Waals surface area contributed by atoms with E-state index in [1.54, 1.807) is 12.1 Å². The number of nitrogens with zero attached hydrogens (tertiary/aromatic N) is 3. The van der Waals surface area contributed by atoms with E-state index in [-0.39, 0.29) is 31.9 Å². The number of carbonyl (C=O) groups is 1. The van der Waals surface area contributed by atoms with E-state index in [9.17, 15) is 4.79 Å². The van der Waals surface area contributed by atoms with Crippen LogP contribution >= 0.6 is 11.6 Å². The molecule has 0 saturated carbocycles. The number of anilines is 1. The first-order valence-electron chi connectivity index (χ1n) is 6.11. The highest BCUT2D eigenvalue weighted by atomic mass is 35.5. The Kier molecular flexibility index (Phi) is 7.18. The van der Waals surface area contributed by atoms with Crippen molar-refractivity contribution in [3.63, 3.8) is 0 Å². The van der Waals surface area contributed by atoms with Crippen molar-refractivity contribution in [1.82, 2.24) is 9.88 Å². The Labute approximate surface area is 127 Å². The Morgan fingerprint density at radius 1 is 1.48 bits per heavy atom. The van der Waals surface area contributed by atoms with E-state index in [4.69, 9.17) is 27.1 Å². The molecule has 0 aliphatic heterocycles. The summed E-state index contributed by atoms with van der Waals surface area (Å²) in [4.78, 5) is 17.2. The monoisotopic (exact) mass is 310 g/mol. The topological polar surface area (TPSA) is 109 Å². The molecule has 1 aromatic heterocycles. The summed E-state index contributed by atoms with van der Waals surface area (Å²) in [6.45, 7) is -0.441. The van der Waals surface area contributed by atoms with Gasteiger partial charge < -0.3 is 20.4 Å². The van der Waals surface area contributed by atoms with Crippen LogP contribution in [0.5, 0.6) is 0 Å². The third-order valence-corrected chi connectivity index (χ3v) is 2.70. The van der Waals surface area contributed by atoms with Gasteiger partial charge in [-0.1, -0.05) is 11.6 Å². The Balaban J connectivity index is 2.83. The van der Waals surface area contributed by atoms with Gasteiger partial charge in [0.2, 0.25) is 0 Å². The number of aliphatic hydroxyl groups is 2. The maximum absolute atomic E-state index is 12.1. The molecule has 0 unspecified atom stereocenters. The lowest BCUT2D eigenvalue weighted by molar-refractivity contribution is -0.127. The van der Waals surface area contributed by atoms with Crippen LogP contribution in [0, 0.1) is 11.3 Å². The molecule has 3 N–H and O–H groups in total. The van der Waals surface area contributed by atoms with Gasteiger partial charge in [0.25, 0.3) is 5.91 Å². The van der Waals surface area contributed by atoms with Crippen molar-refractivity contribution in [3.8, 4) is 6.07 Å². The lowest BCUT2D eigenvalue weighted by Gasteiger charge is -2.19. The Bertz CT molecular complexity index is 551. The van der Waals surface area contributed by atoms with Crippen LogP contribution in [-0.2, 0) is 4.79 Å². The molecule has 0 atom stereocenters. The fraction of sp³-hybridized carbons (Fsp3) is 0.308. The molecular weight excluding hydrogens is 296 g/mol. The van der Waals surface area contributed by atoms with Crippen LogP contribution in [0.3, 0.4) is 0 Å². The molecule has 0 aliphatic carbocycles. The normalized spacial score (nSPS) is 10.9. The fourth-order valence-corrected chi connectivity index (χ4v) is 1.66. The van der Waals surface area contributed by atoms with Crippen molar-refractivity contribution in [2.24, 2.45) is 0 Å². The van der Waals surface area contributed by atoms with E-state index in [2.05, 4.69) is 10.3 Å². The average Bonchev–Trinajstić information content (AvgIpc) is 2.47. The van der Waals surface area contributed by atoms with Gasteiger partial charge in [0.1, 0.15) is 17.5 Å². The predicted molar refractivity (Wildman–Crippen MR) is 77.3 cm³/mol. The van der Waals surface area contributed by atoms with Crippen LogP contribution in [0.15, 0.2) is 30.1 Å². The highest BCUT2D eigenvalue weighted by molar-refractivity contribution is 6.30. The van der Waals surface area contributed by atoms with Crippen molar-refractivity contribution in [1.29, 1.82) is 5.26 Å². The highest BCUT2D eigenvalue weighted by Gasteiger charge is 2.17. The van der Waals surface area contributed by atoms with Crippen molar-refractivity contribution in [3.05, 3.63) is 35.1 Å². The standard InChI is InChI=1S/C13H15ClN4O3/c14-11-1-2-16-12(7-11)17-9-10(8-15)13(21)18(3-5-19)4-6-20/h1-2,7,9,19-20H,3-6H2,(H,16,17)/b10-9-. The number of aromatic nitrogens is 1. The molecule has 0 aliphatic rings. The Morgan fingerprint density at radius 3 is 2.67 bits per heavy atom. The first kappa shape index (κ1) is 16.9. The van der Waals surface area contributed by atoms with Gasteiger partial charge in [0, 0.05) is 30.5 Å². The summed E-state index contributed by atoms with van der Waals surface area (Å²) in [6, 6.07) is 4.90. The number of aliphatic hydroxyl groups excluding tert-OH is 2. The van der Waals surface area contributed by atoms with Crippen LogP contribution < -0.4 is 5.32 Å². The molecule has 21 heavy (non-hydrogen) atoms. The van der Waals surface area contributed by atoms with Gasteiger partial charge in [-0.3, -0.25) is 4.79 Å². The molecule has 1 heterocycles. The molecule has 0 spiro atoms. The molecule has 8 heteroatoms. The van der Waals surface area contributed by atoms with Crippen LogP contribution in [0.1, 0.15) is 0 Å². The second-order valence-corrected chi connectivity index (χ2v) is 4.35. The number of halogens is 1. The Morgan fingerprint density at radius 2 is 2.14 bits per heavy atom. The second kappa shape index (κ2) is 8.92. The molecule has 1 aromatic rings. The molecular formula is C13H15ClN4O3. The molecule has 0 fully saturated rings. The van der Waals surface area contributed by atoms with Crippen LogP contribution in [0.25, 0.3) is 0 Å². The number of amides is 1. The van der Waals surface area contributed by atoms with Crippen LogP contribution in [-0.4, -0.2) is 52.3 Å². The molecule has 0 radical (unpaired) electrons. The summed E-state index contributed by atoms with van der Waals surface area (Å²) in [6.07, 6.45) is 2.69. The molecule has 7 nitrogen and oxygen atoms in total. The van der Waals surface area contributed by atoms with E-state index in [1.807, 2.05) is 0 Å². The van der Waals surface area contributed by atoms with E-state index in [0.717, 1.165) is 0 Å². The van der Waals surface area contributed by atoms with E-state index >= 15 is 0 Å². The van der Waals surface area contributed by atoms with Crippen molar-refractivity contribution in [2.45, 2.75) is 0 Å². The number of nitriles is 1. The fourth-order valence-electron chi connectivity index (χ4n) is 1.50. The van der Waals surface area contributed by atoms with Gasteiger partial charge in [-0.05, 0) is 12.1 Å². The lowest BCUT2D eigenvalue weighted by Crippen LogP contribution is -2.36. The quantitative estimate of drug-likeness (QED) is 0.496. The SMILES string of the molecule is N#C/C(=C/Nc1cc(Cl)ccn1)C(=O)N(CCO)CCO. The van der Waals surface area contributed by atoms with Crippen LogP contribution in [0.4, 0.5) is 5.82 Å². The van der Waals surface area contributed by atoms with Crippen molar-refractivity contribution < 1.29 is 15.0 Å². The predicted octanol–water partition coefficient (Wildman–Crippen LogP) is 0.368. The van der Waals surface area contributed by atoms with Gasteiger partial charge in [0.15, 0.2) is 0 Å². The zero-order chi connectivity index (χ0) is 15.7. The molecule has 1 rings (SSSR count). The summed E-state index contributed by atoms with van der Waals surface area (Å²) in [5.74, 6) is -0.200. The summed E-state index contributed by atoms with van der Waals surface area (Å²) in [7, 11) is 0. The third-order valence-electron chi connectivity index (χ3n) is 2.46. The smallest absolute Gasteiger partial charge is 0.266 e.